The number of carbonyl (C=O) groups is 3. The molecule has 0 saturated carbocycles. The number of esters is 1. The first kappa shape index (κ1) is 16.6. The zero-order valence-electron chi connectivity index (χ0n) is 13.7. The molecule has 1 N–H and O–H groups in total. The first-order chi connectivity index (χ1) is 12.0. The quantitative estimate of drug-likeness (QED) is 0.518. The number of benzene rings is 2. The molecule has 1 amide bonds. The molecule has 1 aliphatic rings. The summed E-state index contributed by atoms with van der Waals surface area (Å²) in [4.78, 5) is 35.2. The Bertz CT molecular complexity index is 883. The van der Waals surface area contributed by atoms with Gasteiger partial charge in [0.15, 0.2) is 12.4 Å². The van der Waals surface area contributed by atoms with E-state index >= 15 is 0 Å². The summed E-state index contributed by atoms with van der Waals surface area (Å²) in [5, 5.41) is 2.71. The van der Waals surface area contributed by atoms with Gasteiger partial charge in [-0.15, -0.1) is 0 Å². The van der Waals surface area contributed by atoms with Crippen LogP contribution >= 0.6 is 0 Å². The van der Waals surface area contributed by atoms with Crippen molar-refractivity contribution in [1.82, 2.24) is 0 Å². The van der Waals surface area contributed by atoms with Gasteiger partial charge in [-0.25, -0.2) is 4.79 Å². The Morgan fingerprint density at radius 2 is 2.04 bits per heavy atom. The molecule has 0 bridgehead atoms. The van der Waals surface area contributed by atoms with Gasteiger partial charge in [-0.05, 0) is 42.3 Å². The maximum Gasteiger partial charge on any atom is 0.331 e. The summed E-state index contributed by atoms with van der Waals surface area (Å²) >= 11 is 0. The highest BCUT2D eigenvalue weighted by molar-refractivity contribution is 6.03. The first-order valence-electron chi connectivity index (χ1n) is 7.89. The van der Waals surface area contributed by atoms with E-state index in [4.69, 9.17) is 4.74 Å². The third-order valence-electron chi connectivity index (χ3n) is 3.85. The number of aryl methyl sites for hydroxylation is 1. The van der Waals surface area contributed by atoms with Crippen LogP contribution in [0.4, 0.5) is 5.69 Å². The molecule has 25 heavy (non-hydrogen) atoms. The maximum atomic E-state index is 12.1. The summed E-state index contributed by atoms with van der Waals surface area (Å²) in [6.45, 7) is 1.63. The van der Waals surface area contributed by atoms with E-state index in [1.165, 1.54) is 6.08 Å². The van der Waals surface area contributed by atoms with E-state index in [1.54, 1.807) is 24.3 Å². The van der Waals surface area contributed by atoms with Crippen molar-refractivity contribution in [3.05, 3.63) is 70.8 Å². The van der Waals surface area contributed by atoms with Crippen molar-refractivity contribution in [3.63, 3.8) is 0 Å². The monoisotopic (exact) mass is 335 g/mol. The summed E-state index contributed by atoms with van der Waals surface area (Å²) in [6.07, 6.45) is 3.20. The molecule has 126 valence electrons. The van der Waals surface area contributed by atoms with Gasteiger partial charge in [0.05, 0.1) is 6.42 Å². The van der Waals surface area contributed by atoms with Crippen molar-refractivity contribution < 1.29 is 19.1 Å². The molecule has 2 aromatic carbocycles. The second-order valence-electron chi connectivity index (χ2n) is 5.88. The molecule has 5 heteroatoms. The minimum atomic E-state index is -0.576. The molecule has 1 aliphatic heterocycles. The van der Waals surface area contributed by atoms with Gasteiger partial charge in [0.1, 0.15) is 0 Å². The molecule has 0 aromatic heterocycles. The lowest BCUT2D eigenvalue weighted by molar-refractivity contribution is -0.136. The standard InChI is InChI=1S/C20H17NO4/c1-13-3-2-4-14(9-13)5-8-20(24)25-12-18(22)15-6-7-17-16(10-15)11-19(23)21-17/h2-10H,11-12H2,1H3,(H,21,23)/b8-5+. The Labute approximate surface area is 145 Å². The molecule has 0 radical (unpaired) electrons. The minimum Gasteiger partial charge on any atom is -0.454 e. The number of Topliss-reactive ketones (excluding diaryl/α,β-unsaturated/α-hetero) is 1. The van der Waals surface area contributed by atoms with Crippen LogP contribution < -0.4 is 5.32 Å². The van der Waals surface area contributed by atoms with Crippen LogP contribution in [0.3, 0.4) is 0 Å². The van der Waals surface area contributed by atoms with Gasteiger partial charge >= 0.3 is 5.97 Å². The fourth-order valence-electron chi connectivity index (χ4n) is 2.61. The lowest BCUT2D eigenvalue weighted by Gasteiger charge is -2.04. The van der Waals surface area contributed by atoms with E-state index in [-0.39, 0.29) is 24.7 Å². The molecule has 3 rings (SSSR count). The number of amides is 1. The molecule has 5 nitrogen and oxygen atoms in total. The fourth-order valence-corrected chi connectivity index (χ4v) is 2.61. The number of fused-ring (bicyclic) bond motifs is 1. The minimum absolute atomic E-state index is 0.0905. The van der Waals surface area contributed by atoms with Gasteiger partial charge in [0.25, 0.3) is 0 Å². The summed E-state index contributed by atoms with van der Waals surface area (Å²) in [7, 11) is 0. The zero-order valence-corrected chi connectivity index (χ0v) is 13.7. The highest BCUT2D eigenvalue weighted by Crippen LogP contribution is 2.24. The van der Waals surface area contributed by atoms with Crippen LogP contribution in [0, 0.1) is 6.92 Å². The molecule has 2 aromatic rings. The lowest BCUT2D eigenvalue weighted by Crippen LogP contribution is -2.12. The van der Waals surface area contributed by atoms with Crippen LogP contribution in [0.15, 0.2) is 48.5 Å². The van der Waals surface area contributed by atoms with E-state index in [9.17, 15) is 14.4 Å². The van der Waals surface area contributed by atoms with Crippen molar-refractivity contribution in [2.75, 3.05) is 11.9 Å². The summed E-state index contributed by atoms with van der Waals surface area (Å²) in [6, 6.07) is 12.6. The van der Waals surface area contributed by atoms with Crippen molar-refractivity contribution in [3.8, 4) is 0 Å². The second kappa shape index (κ2) is 7.13. The first-order valence-corrected chi connectivity index (χ1v) is 7.89. The third kappa shape index (κ3) is 4.20. The Hall–Kier alpha value is -3.21. The normalized spacial score (nSPS) is 12.8. The van der Waals surface area contributed by atoms with Gasteiger partial charge in [0.2, 0.25) is 5.91 Å². The van der Waals surface area contributed by atoms with E-state index in [1.807, 2.05) is 31.2 Å². The molecule has 0 spiro atoms. The van der Waals surface area contributed by atoms with Crippen LogP contribution in [0.2, 0.25) is 0 Å². The molecular weight excluding hydrogens is 318 g/mol. The fraction of sp³-hybridized carbons (Fsp3) is 0.150. The van der Waals surface area contributed by atoms with E-state index in [0.717, 1.165) is 22.4 Å². The number of anilines is 1. The average Bonchev–Trinajstić information content (AvgIpc) is 2.97. The van der Waals surface area contributed by atoms with Gasteiger partial charge in [0, 0.05) is 17.3 Å². The number of carbonyl (C=O) groups excluding carboxylic acids is 3. The summed E-state index contributed by atoms with van der Waals surface area (Å²) in [5.41, 5.74) is 3.90. The van der Waals surface area contributed by atoms with Crippen molar-refractivity contribution in [1.29, 1.82) is 0 Å². The lowest BCUT2D eigenvalue weighted by atomic mass is 10.1. The number of ketones is 1. The average molecular weight is 335 g/mol. The SMILES string of the molecule is Cc1cccc(/C=C/C(=O)OCC(=O)c2ccc3c(c2)CC(=O)N3)c1. The van der Waals surface area contributed by atoms with Gasteiger partial charge in [-0.2, -0.15) is 0 Å². The number of nitrogens with one attached hydrogen (secondary N) is 1. The Morgan fingerprint density at radius 3 is 2.84 bits per heavy atom. The molecule has 0 aliphatic carbocycles. The van der Waals surface area contributed by atoms with E-state index in [2.05, 4.69) is 5.32 Å². The predicted octanol–water partition coefficient (Wildman–Crippen LogP) is 2.93. The molecule has 0 atom stereocenters. The van der Waals surface area contributed by atoms with Gasteiger partial charge in [-0.3, -0.25) is 9.59 Å². The maximum absolute atomic E-state index is 12.1. The van der Waals surface area contributed by atoms with Crippen LogP contribution in [-0.4, -0.2) is 24.3 Å². The van der Waals surface area contributed by atoms with E-state index < -0.39 is 5.97 Å². The molecule has 0 saturated heterocycles. The van der Waals surface area contributed by atoms with Crippen LogP contribution in [0.1, 0.15) is 27.0 Å². The predicted molar refractivity (Wildman–Crippen MR) is 94.3 cm³/mol. The Kier molecular flexibility index (Phi) is 4.75. The van der Waals surface area contributed by atoms with E-state index in [0.29, 0.717) is 5.56 Å². The highest BCUT2D eigenvalue weighted by Gasteiger charge is 2.19. The second-order valence-corrected chi connectivity index (χ2v) is 5.88. The number of rotatable bonds is 5. The van der Waals surface area contributed by atoms with Crippen LogP contribution in [-0.2, 0) is 20.7 Å². The number of ether oxygens (including phenoxy) is 1. The van der Waals surface area contributed by atoms with Gasteiger partial charge in [-0.1, -0.05) is 29.8 Å². The van der Waals surface area contributed by atoms with Gasteiger partial charge < -0.3 is 10.1 Å². The topological polar surface area (TPSA) is 72.5 Å². The molecule has 1 heterocycles. The number of hydrogen-bond acceptors (Lipinski definition) is 4. The van der Waals surface area contributed by atoms with Crippen molar-refractivity contribution in [2.24, 2.45) is 0 Å². The molecular formula is C20H17NO4. The third-order valence-corrected chi connectivity index (χ3v) is 3.85. The zero-order chi connectivity index (χ0) is 17.8. The summed E-state index contributed by atoms with van der Waals surface area (Å²) < 4.78 is 4.99. The van der Waals surface area contributed by atoms with Crippen molar-refractivity contribution in [2.45, 2.75) is 13.3 Å². The van der Waals surface area contributed by atoms with Crippen LogP contribution in [0.5, 0.6) is 0 Å². The largest absolute Gasteiger partial charge is 0.454 e. The Morgan fingerprint density at radius 1 is 1.20 bits per heavy atom. The Balaban J connectivity index is 1.56. The molecule has 0 unspecified atom stereocenters. The number of hydrogen-bond donors (Lipinski definition) is 1. The van der Waals surface area contributed by atoms with Crippen LogP contribution in [0.25, 0.3) is 6.08 Å². The molecule has 0 fully saturated rings. The smallest absolute Gasteiger partial charge is 0.331 e. The summed E-state index contributed by atoms with van der Waals surface area (Å²) in [5.74, 6) is -0.973. The van der Waals surface area contributed by atoms with Crippen molar-refractivity contribution >= 4 is 29.4 Å². The highest BCUT2D eigenvalue weighted by atomic mass is 16.5.